The zero-order valence-electron chi connectivity index (χ0n) is 12.1. The first-order valence-corrected chi connectivity index (χ1v) is 6.54. The molecule has 0 fully saturated rings. The largest absolute Gasteiger partial charge is 0.480 e. The Labute approximate surface area is 118 Å². The number of hydrogen-bond acceptors (Lipinski definition) is 3. The predicted molar refractivity (Wildman–Crippen MR) is 75.3 cm³/mol. The summed E-state index contributed by atoms with van der Waals surface area (Å²) in [6.07, 6.45) is 3.39. The van der Waals surface area contributed by atoms with Crippen molar-refractivity contribution in [3.05, 3.63) is 29.6 Å². The Morgan fingerprint density at radius 3 is 2.70 bits per heavy atom. The van der Waals surface area contributed by atoms with Gasteiger partial charge in [-0.15, -0.1) is 0 Å². The summed E-state index contributed by atoms with van der Waals surface area (Å²) in [7, 11) is 0. The molecule has 2 N–H and O–H groups in total. The molecule has 1 aromatic heterocycles. The van der Waals surface area contributed by atoms with E-state index < -0.39 is 5.97 Å². The summed E-state index contributed by atoms with van der Waals surface area (Å²) >= 11 is 0. The van der Waals surface area contributed by atoms with Gasteiger partial charge in [0.1, 0.15) is 6.54 Å². The van der Waals surface area contributed by atoms with Gasteiger partial charge in [0.25, 0.3) is 0 Å². The molecule has 20 heavy (non-hydrogen) atoms. The predicted octanol–water partition coefficient (Wildman–Crippen LogP) is 1.64. The van der Waals surface area contributed by atoms with E-state index >= 15 is 0 Å². The van der Waals surface area contributed by atoms with Gasteiger partial charge in [0.2, 0.25) is 0 Å². The van der Waals surface area contributed by atoms with Crippen LogP contribution in [0.1, 0.15) is 25.0 Å². The van der Waals surface area contributed by atoms with Crippen molar-refractivity contribution in [3.8, 4) is 0 Å². The topological polar surface area (TPSA) is 82.5 Å². The molecule has 1 aromatic rings. The van der Waals surface area contributed by atoms with Crippen LogP contribution >= 0.6 is 0 Å². The first-order chi connectivity index (χ1) is 9.40. The Balaban J connectivity index is 2.62. The molecule has 0 saturated carbocycles. The standard InChI is InChI=1S/C14H21N3O3/c1-10(2)8-17(9-13(18)19)14(20)16-7-12-4-5-15-6-11(12)3/h4-6,10H,7-9H2,1-3H3,(H,16,20)(H,18,19). The third-order valence-corrected chi connectivity index (χ3v) is 2.77. The van der Waals surface area contributed by atoms with Crippen LogP contribution < -0.4 is 5.32 Å². The zero-order valence-corrected chi connectivity index (χ0v) is 12.1. The number of carbonyl (C=O) groups excluding carboxylic acids is 1. The van der Waals surface area contributed by atoms with Crippen molar-refractivity contribution in [1.82, 2.24) is 15.2 Å². The Kier molecular flexibility index (Phi) is 5.96. The number of carboxylic acids is 1. The fraction of sp³-hybridized carbons (Fsp3) is 0.500. The SMILES string of the molecule is Cc1cnccc1CNC(=O)N(CC(=O)O)CC(C)C. The van der Waals surface area contributed by atoms with E-state index in [0.29, 0.717) is 13.1 Å². The molecule has 0 atom stereocenters. The summed E-state index contributed by atoms with van der Waals surface area (Å²) in [4.78, 5) is 28.1. The number of nitrogens with one attached hydrogen (secondary N) is 1. The van der Waals surface area contributed by atoms with Gasteiger partial charge >= 0.3 is 12.0 Å². The van der Waals surface area contributed by atoms with Crippen molar-refractivity contribution < 1.29 is 14.7 Å². The molecular formula is C14H21N3O3. The van der Waals surface area contributed by atoms with Crippen molar-refractivity contribution in [1.29, 1.82) is 0 Å². The lowest BCUT2D eigenvalue weighted by Crippen LogP contribution is -2.44. The number of nitrogens with zero attached hydrogens (tertiary/aromatic N) is 2. The molecule has 0 aliphatic rings. The number of rotatable bonds is 6. The first kappa shape index (κ1) is 15.9. The maximum Gasteiger partial charge on any atom is 0.323 e. The highest BCUT2D eigenvalue weighted by Gasteiger charge is 2.17. The van der Waals surface area contributed by atoms with E-state index in [0.717, 1.165) is 11.1 Å². The highest BCUT2D eigenvalue weighted by Crippen LogP contribution is 2.05. The number of hydrogen-bond donors (Lipinski definition) is 2. The minimum absolute atomic E-state index is 0.211. The molecule has 0 aliphatic carbocycles. The second-order valence-corrected chi connectivity index (χ2v) is 5.13. The number of aliphatic carboxylic acids is 1. The number of amides is 2. The Morgan fingerprint density at radius 1 is 1.45 bits per heavy atom. The second-order valence-electron chi connectivity index (χ2n) is 5.13. The van der Waals surface area contributed by atoms with Crippen molar-refractivity contribution in [2.24, 2.45) is 5.92 Å². The summed E-state index contributed by atoms with van der Waals surface area (Å²) in [6.45, 7) is 6.27. The van der Waals surface area contributed by atoms with Crippen LogP contribution in [0.3, 0.4) is 0 Å². The molecule has 6 nitrogen and oxygen atoms in total. The van der Waals surface area contributed by atoms with Gasteiger partial charge in [-0.25, -0.2) is 4.79 Å². The molecule has 1 heterocycles. The highest BCUT2D eigenvalue weighted by molar-refractivity contribution is 5.80. The summed E-state index contributed by atoms with van der Waals surface area (Å²) in [5, 5.41) is 11.6. The van der Waals surface area contributed by atoms with E-state index in [9.17, 15) is 9.59 Å². The van der Waals surface area contributed by atoms with Gasteiger partial charge in [0, 0.05) is 25.5 Å². The van der Waals surface area contributed by atoms with Crippen molar-refractivity contribution in [2.75, 3.05) is 13.1 Å². The molecule has 0 unspecified atom stereocenters. The monoisotopic (exact) mass is 279 g/mol. The third-order valence-electron chi connectivity index (χ3n) is 2.77. The molecular weight excluding hydrogens is 258 g/mol. The Hall–Kier alpha value is -2.11. The van der Waals surface area contributed by atoms with E-state index in [1.807, 2.05) is 26.8 Å². The number of carboxylic acid groups (broad SMARTS) is 1. The van der Waals surface area contributed by atoms with Crippen LogP contribution in [0.5, 0.6) is 0 Å². The fourth-order valence-electron chi connectivity index (χ4n) is 1.81. The number of aromatic nitrogens is 1. The molecule has 110 valence electrons. The van der Waals surface area contributed by atoms with Crippen LogP contribution in [0.2, 0.25) is 0 Å². The second kappa shape index (κ2) is 7.47. The summed E-state index contributed by atoms with van der Waals surface area (Å²) in [5.74, 6) is -0.802. The van der Waals surface area contributed by atoms with Gasteiger partial charge in [0.05, 0.1) is 0 Å². The lowest BCUT2D eigenvalue weighted by Gasteiger charge is -2.23. The number of aryl methyl sites for hydroxylation is 1. The van der Waals surface area contributed by atoms with Crippen LogP contribution in [-0.2, 0) is 11.3 Å². The van der Waals surface area contributed by atoms with Crippen LogP contribution in [0.25, 0.3) is 0 Å². The van der Waals surface area contributed by atoms with Crippen molar-refractivity contribution in [2.45, 2.75) is 27.3 Å². The van der Waals surface area contributed by atoms with Crippen molar-refractivity contribution in [3.63, 3.8) is 0 Å². The minimum atomic E-state index is -1.01. The van der Waals surface area contributed by atoms with Gasteiger partial charge in [-0.05, 0) is 30.0 Å². The van der Waals surface area contributed by atoms with Gasteiger partial charge < -0.3 is 15.3 Å². The van der Waals surface area contributed by atoms with E-state index in [1.165, 1.54) is 4.90 Å². The fourth-order valence-corrected chi connectivity index (χ4v) is 1.81. The van der Waals surface area contributed by atoms with Crippen LogP contribution in [0.4, 0.5) is 4.79 Å². The summed E-state index contributed by atoms with van der Waals surface area (Å²) < 4.78 is 0. The Bertz CT molecular complexity index is 474. The van der Waals surface area contributed by atoms with E-state index in [-0.39, 0.29) is 18.5 Å². The normalized spacial score (nSPS) is 10.4. The quantitative estimate of drug-likeness (QED) is 0.829. The molecule has 0 aromatic carbocycles. The van der Waals surface area contributed by atoms with Gasteiger partial charge in [-0.3, -0.25) is 9.78 Å². The number of urea groups is 1. The van der Waals surface area contributed by atoms with E-state index in [4.69, 9.17) is 5.11 Å². The third kappa shape index (κ3) is 5.26. The average molecular weight is 279 g/mol. The molecule has 2 amide bonds. The van der Waals surface area contributed by atoms with Crippen LogP contribution in [-0.4, -0.2) is 40.1 Å². The van der Waals surface area contributed by atoms with E-state index in [2.05, 4.69) is 10.3 Å². The highest BCUT2D eigenvalue weighted by atomic mass is 16.4. The lowest BCUT2D eigenvalue weighted by molar-refractivity contribution is -0.137. The molecule has 0 saturated heterocycles. The Morgan fingerprint density at radius 2 is 2.15 bits per heavy atom. The molecule has 6 heteroatoms. The molecule has 0 radical (unpaired) electrons. The average Bonchev–Trinajstić information content (AvgIpc) is 2.35. The zero-order chi connectivity index (χ0) is 15.1. The van der Waals surface area contributed by atoms with Gasteiger partial charge in [-0.2, -0.15) is 0 Å². The van der Waals surface area contributed by atoms with Crippen LogP contribution in [0.15, 0.2) is 18.5 Å². The molecule has 0 spiro atoms. The summed E-state index contributed by atoms with van der Waals surface area (Å²) in [6, 6.07) is 1.47. The maximum absolute atomic E-state index is 12.0. The number of carbonyl (C=O) groups is 2. The number of pyridine rings is 1. The van der Waals surface area contributed by atoms with Crippen molar-refractivity contribution >= 4 is 12.0 Å². The van der Waals surface area contributed by atoms with Crippen LogP contribution in [0, 0.1) is 12.8 Å². The molecule has 1 rings (SSSR count). The molecule has 0 bridgehead atoms. The molecule has 0 aliphatic heterocycles. The first-order valence-electron chi connectivity index (χ1n) is 6.54. The smallest absolute Gasteiger partial charge is 0.323 e. The lowest BCUT2D eigenvalue weighted by atomic mass is 10.1. The maximum atomic E-state index is 12.0. The summed E-state index contributed by atoms with van der Waals surface area (Å²) in [5.41, 5.74) is 1.95. The van der Waals surface area contributed by atoms with Gasteiger partial charge in [-0.1, -0.05) is 13.8 Å². The van der Waals surface area contributed by atoms with E-state index in [1.54, 1.807) is 12.4 Å². The minimum Gasteiger partial charge on any atom is -0.480 e. The van der Waals surface area contributed by atoms with Gasteiger partial charge in [0.15, 0.2) is 0 Å².